The molecule has 3 heterocycles. The van der Waals surface area contributed by atoms with Crippen molar-refractivity contribution >= 4 is 27.4 Å². The summed E-state index contributed by atoms with van der Waals surface area (Å²) >= 11 is 1.66. The smallest absolute Gasteiger partial charge is 0.141 e. The number of pyridine rings is 1. The van der Waals surface area contributed by atoms with Gasteiger partial charge in [0.2, 0.25) is 0 Å². The number of rotatable bonds is 4. The average Bonchev–Trinajstić information content (AvgIpc) is 2.93. The molecule has 0 spiro atoms. The van der Waals surface area contributed by atoms with Crippen molar-refractivity contribution in [3.63, 3.8) is 0 Å². The van der Waals surface area contributed by atoms with Crippen molar-refractivity contribution in [1.29, 1.82) is 0 Å². The first kappa shape index (κ1) is 13.0. The summed E-state index contributed by atoms with van der Waals surface area (Å²) in [6.45, 7) is 5.84. The molecule has 0 radical (unpaired) electrons. The van der Waals surface area contributed by atoms with Crippen molar-refractivity contribution in [2.75, 3.05) is 11.4 Å². The third-order valence-electron chi connectivity index (χ3n) is 3.22. The zero-order valence-electron chi connectivity index (χ0n) is 11.6. The van der Waals surface area contributed by atoms with Crippen molar-refractivity contribution in [3.8, 4) is 0 Å². The SMILES string of the molecule is CCN(Cc1ccncc1)c1nc(C)nc2sccc12. The van der Waals surface area contributed by atoms with E-state index in [1.807, 2.05) is 31.5 Å². The third kappa shape index (κ3) is 2.49. The summed E-state index contributed by atoms with van der Waals surface area (Å²) in [4.78, 5) is 16.5. The molecule has 3 rings (SSSR count). The van der Waals surface area contributed by atoms with Gasteiger partial charge in [-0.05, 0) is 43.0 Å². The van der Waals surface area contributed by atoms with Crippen LogP contribution in [0.15, 0.2) is 36.0 Å². The molecule has 0 fully saturated rings. The predicted octanol–water partition coefficient (Wildman–Crippen LogP) is 3.42. The van der Waals surface area contributed by atoms with Crippen molar-refractivity contribution in [2.24, 2.45) is 0 Å². The van der Waals surface area contributed by atoms with E-state index in [9.17, 15) is 0 Å². The second kappa shape index (κ2) is 5.54. The van der Waals surface area contributed by atoms with Crippen molar-refractivity contribution in [2.45, 2.75) is 20.4 Å². The molecule has 0 aliphatic rings. The van der Waals surface area contributed by atoms with Gasteiger partial charge < -0.3 is 4.90 Å². The van der Waals surface area contributed by atoms with Crippen LogP contribution in [0, 0.1) is 6.92 Å². The van der Waals surface area contributed by atoms with Gasteiger partial charge in [-0.1, -0.05) is 0 Å². The Morgan fingerprint density at radius 1 is 1.15 bits per heavy atom. The summed E-state index contributed by atoms with van der Waals surface area (Å²) < 4.78 is 0. The topological polar surface area (TPSA) is 41.9 Å². The first-order valence-corrected chi connectivity index (χ1v) is 7.51. The number of hydrogen-bond donors (Lipinski definition) is 0. The van der Waals surface area contributed by atoms with Crippen molar-refractivity contribution in [1.82, 2.24) is 15.0 Å². The lowest BCUT2D eigenvalue weighted by Gasteiger charge is -2.23. The number of anilines is 1. The number of fused-ring (bicyclic) bond motifs is 1. The maximum absolute atomic E-state index is 4.65. The van der Waals surface area contributed by atoms with Crippen molar-refractivity contribution in [3.05, 3.63) is 47.4 Å². The Hall–Kier alpha value is -2.01. The molecule has 3 aromatic rings. The summed E-state index contributed by atoms with van der Waals surface area (Å²) in [6.07, 6.45) is 3.66. The molecule has 0 aromatic carbocycles. The highest BCUT2D eigenvalue weighted by Crippen LogP contribution is 2.28. The number of thiophene rings is 1. The van der Waals surface area contributed by atoms with Gasteiger partial charge in [-0.15, -0.1) is 11.3 Å². The Labute approximate surface area is 122 Å². The van der Waals surface area contributed by atoms with Crippen LogP contribution in [-0.2, 0) is 6.54 Å². The highest BCUT2D eigenvalue weighted by molar-refractivity contribution is 7.16. The maximum Gasteiger partial charge on any atom is 0.141 e. The first-order valence-electron chi connectivity index (χ1n) is 6.63. The van der Waals surface area contributed by atoms with Crippen LogP contribution in [0.5, 0.6) is 0 Å². The van der Waals surface area contributed by atoms with Gasteiger partial charge in [0, 0.05) is 25.5 Å². The largest absolute Gasteiger partial charge is 0.352 e. The third-order valence-corrected chi connectivity index (χ3v) is 4.03. The van der Waals surface area contributed by atoms with E-state index in [1.54, 1.807) is 11.3 Å². The molecular weight excluding hydrogens is 268 g/mol. The lowest BCUT2D eigenvalue weighted by molar-refractivity contribution is 0.811. The predicted molar refractivity (Wildman–Crippen MR) is 83.1 cm³/mol. The van der Waals surface area contributed by atoms with Gasteiger partial charge in [-0.25, -0.2) is 9.97 Å². The van der Waals surface area contributed by atoms with Crippen LogP contribution in [0.2, 0.25) is 0 Å². The fraction of sp³-hybridized carbons (Fsp3) is 0.267. The van der Waals surface area contributed by atoms with E-state index < -0.39 is 0 Å². The van der Waals surface area contributed by atoms with Gasteiger partial charge in [0.05, 0.1) is 5.39 Å². The van der Waals surface area contributed by atoms with Crippen LogP contribution < -0.4 is 4.90 Å². The fourth-order valence-electron chi connectivity index (χ4n) is 2.23. The van der Waals surface area contributed by atoms with E-state index in [0.29, 0.717) is 0 Å². The quantitative estimate of drug-likeness (QED) is 0.736. The molecule has 0 aliphatic heterocycles. The molecule has 3 aromatic heterocycles. The van der Waals surface area contributed by atoms with Gasteiger partial charge in [0.1, 0.15) is 16.5 Å². The lowest BCUT2D eigenvalue weighted by Crippen LogP contribution is -2.23. The van der Waals surface area contributed by atoms with Crippen LogP contribution in [0.25, 0.3) is 10.2 Å². The Kier molecular flexibility index (Phi) is 3.60. The average molecular weight is 284 g/mol. The minimum atomic E-state index is 0.822. The van der Waals surface area contributed by atoms with E-state index in [-0.39, 0.29) is 0 Å². The van der Waals surface area contributed by atoms with E-state index in [1.165, 1.54) is 5.56 Å². The van der Waals surface area contributed by atoms with Crippen LogP contribution in [-0.4, -0.2) is 21.5 Å². The van der Waals surface area contributed by atoms with Gasteiger partial charge in [0.15, 0.2) is 0 Å². The van der Waals surface area contributed by atoms with Gasteiger partial charge in [0.25, 0.3) is 0 Å². The summed E-state index contributed by atoms with van der Waals surface area (Å²) in [5.74, 6) is 1.84. The molecule has 20 heavy (non-hydrogen) atoms. The molecule has 5 heteroatoms. The Bertz CT molecular complexity index is 708. The lowest BCUT2D eigenvalue weighted by atomic mass is 10.2. The molecule has 0 amide bonds. The standard InChI is InChI=1S/C15H16N4S/c1-3-19(10-12-4-7-16-8-5-12)14-13-6-9-20-15(13)18-11(2)17-14/h4-9H,3,10H2,1-2H3. The van der Waals surface area contributed by atoms with Crippen LogP contribution in [0.1, 0.15) is 18.3 Å². The molecule has 0 N–H and O–H groups in total. The minimum Gasteiger partial charge on any atom is -0.352 e. The van der Waals surface area contributed by atoms with E-state index in [0.717, 1.165) is 34.9 Å². The molecular formula is C15H16N4S. The Balaban J connectivity index is 2.01. The minimum absolute atomic E-state index is 0.822. The molecule has 0 aliphatic carbocycles. The number of aryl methyl sites for hydroxylation is 1. The second-order valence-corrected chi connectivity index (χ2v) is 5.50. The van der Waals surface area contributed by atoms with Crippen LogP contribution in [0.4, 0.5) is 5.82 Å². The summed E-state index contributed by atoms with van der Waals surface area (Å²) in [7, 11) is 0. The van der Waals surface area contributed by atoms with Gasteiger partial charge in [-0.3, -0.25) is 4.98 Å². The van der Waals surface area contributed by atoms with E-state index in [4.69, 9.17) is 0 Å². The second-order valence-electron chi connectivity index (χ2n) is 4.60. The number of hydrogen-bond acceptors (Lipinski definition) is 5. The Morgan fingerprint density at radius 3 is 2.70 bits per heavy atom. The molecule has 0 bridgehead atoms. The summed E-state index contributed by atoms with van der Waals surface area (Å²) in [5, 5.41) is 3.21. The normalized spacial score (nSPS) is 10.9. The zero-order chi connectivity index (χ0) is 13.9. The highest BCUT2D eigenvalue weighted by atomic mass is 32.1. The molecule has 102 valence electrons. The van der Waals surface area contributed by atoms with Crippen LogP contribution >= 0.6 is 11.3 Å². The number of aromatic nitrogens is 3. The summed E-state index contributed by atoms with van der Waals surface area (Å²) in [5.41, 5.74) is 1.24. The fourth-order valence-corrected chi connectivity index (χ4v) is 3.03. The van der Waals surface area contributed by atoms with E-state index in [2.05, 4.69) is 38.2 Å². The Morgan fingerprint density at radius 2 is 1.95 bits per heavy atom. The number of nitrogens with zero attached hydrogens (tertiary/aromatic N) is 4. The van der Waals surface area contributed by atoms with E-state index >= 15 is 0 Å². The molecule has 0 atom stereocenters. The van der Waals surface area contributed by atoms with Crippen LogP contribution in [0.3, 0.4) is 0 Å². The van der Waals surface area contributed by atoms with Crippen molar-refractivity contribution < 1.29 is 0 Å². The summed E-state index contributed by atoms with van der Waals surface area (Å²) in [6, 6.07) is 6.19. The molecule has 0 unspecified atom stereocenters. The molecule has 0 saturated heterocycles. The first-order chi connectivity index (χ1) is 9.78. The maximum atomic E-state index is 4.65. The molecule has 0 saturated carbocycles. The monoisotopic (exact) mass is 284 g/mol. The van der Waals surface area contributed by atoms with Gasteiger partial charge >= 0.3 is 0 Å². The highest BCUT2D eigenvalue weighted by Gasteiger charge is 2.13. The zero-order valence-corrected chi connectivity index (χ0v) is 12.4. The van der Waals surface area contributed by atoms with Gasteiger partial charge in [-0.2, -0.15) is 0 Å². The molecule has 4 nitrogen and oxygen atoms in total.